The molecule has 0 N–H and O–H groups in total. The first-order chi connectivity index (χ1) is 6.92. The van der Waals surface area contributed by atoms with Crippen molar-refractivity contribution < 1.29 is 4.79 Å². The monoisotopic (exact) mass is 208 g/mol. The molecule has 1 aliphatic carbocycles. The summed E-state index contributed by atoms with van der Waals surface area (Å²) in [6, 6.07) is 2.10. The zero-order chi connectivity index (χ0) is 9.80. The fourth-order valence-electron chi connectivity index (χ4n) is 2.42. The quantitative estimate of drug-likeness (QED) is 0.693. The van der Waals surface area contributed by atoms with Gasteiger partial charge in [-0.3, -0.25) is 0 Å². The molecule has 0 aromatic carbocycles. The normalized spacial score (nSPS) is 20.6. The number of hydrogen-bond donors (Lipinski definition) is 0. The van der Waals surface area contributed by atoms with E-state index >= 15 is 0 Å². The van der Waals surface area contributed by atoms with Gasteiger partial charge in [0.2, 0.25) is 0 Å². The van der Waals surface area contributed by atoms with Gasteiger partial charge in [-0.05, 0) is 41.1 Å². The molecular weight excluding hydrogens is 192 g/mol. The summed E-state index contributed by atoms with van der Waals surface area (Å²) in [5.74, 6) is 0.775. The second kappa shape index (κ2) is 4.74. The lowest BCUT2D eigenvalue weighted by Gasteiger charge is -2.26. The van der Waals surface area contributed by atoms with Crippen molar-refractivity contribution in [2.75, 3.05) is 0 Å². The summed E-state index contributed by atoms with van der Waals surface area (Å²) in [6.07, 6.45) is 7.58. The third-order valence-electron chi connectivity index (χ3n) is 3.23. The van der Waals surface area contributed by atoms with E-state index in [2.05, 4.69) is 16.8 Å². The molecule has 0 aliphatic heterocycles. The van der Waals surface area contributed by atoms with Crippen LogP contribution in [0.2, 0.25) is 0 Å². The number of aldehydes is 1. The zero-order valence-corrected chi connectivity index (χ0v) is 9.13. The van der Waals surface area contributed by atoms with Gasteiger partial charge in [0.25, 0.3) is 0 Å². The Labute approximate surface area is 89.1 Å². The Morgan fingerprint density at radius 2 is 2.14 bits per heavy atom. The molecule has 2 heteroatoms. The number of rotatable bonds is 3. The van der Waals surface area contributed by atoms with Crippen LogP contribution in [-0.2, 0) is 4.79 Å². The Hall–Kier alpha value is -0.630. The average Bonchev–Trinajstić information content (AvgIpc) is 2.74. The van der Waals surface area contributed by atoms with Crippen LogP contribution in [0.25, 0.3) is 0 Å². The van der Waals surface area contributed by atoms with Crippen LogP contribution in [0.4, 0.5) is 0 Å². The molecule has 1 fully saturated rings. The molecule has 0 radical (unpaired) electrons. The zero-order valence-electron chi connectivity index (χ0n) is 8.32. The lowest BCUT2D eigenvalue weighted by atomic mass is 9.78. The molecule has 1 atom stereocenters. The summed E-state index contributed by atoms with van der Waals surface area (Å²) in [5, 5.41) is 4.18. The second-order valence-corrected chi connectivity index (χ2v) is 4.90. The van der Waals surface area contributed by atoms with Gasteiger partial charge in [-0.15, -0.1) is 0 Å². The highest BCUT2D eigenvalue weighted by Crippen LogP contribution is 2.35. The topological polar surface area (TPSA) is 17.1 Å². The van der Waals surface area contributed by atoms with Gasteiger partial charge in [0.1, 0.15) is 6.29 Å². The minimum atomic E-state index is 0.168. The van der Waals surface area contributed by atoms with E-state index in [4.69, 9.17) is 0 Å². The van der Waals surface area contributed by atoms with Crippen LogP contribution in [-0.4, -0.2) is 6.29 Å². The Balaban J connectivity index is 2.08. The molecule has 0 amide bonds. The molecule has 0 saturated heterocycles. The molecule has 1 nitrogen and oxygen atoms in total. The van der Waals surface area contributed by atoms with Crippen molar-refractivity contribution in [3.05, 3.63) is 22.4 Å². The maximum absolute atomic E-state index is 11.1. The van der Waals surface area contributed by atoms with E-state index in [0.717, 1.165) is 6.29 Å². The molecule has 1 saturated carbocycles. The van der Waals surface area contributed by atoms with Crippen molar-refractivity contribution in [3.8, 4) is 0 Å². The molecule has 76 valence electrons. The van der Waals surface area contributed by atoms with Crippen LogP contribution in [0.5, 0.6) is 0 Å². The Morgan fingerprint density at radius 3 is 2.71 bits per heavy atom. The molecular formula is C12H16OS. The maximum atomic E-state index is 11.1. The second-order valence-electron chi connectivity index (χ2n) is 4.12. The molecule has 2 rings (SSSR count). The van der Waals surface area contributed by atoms with Crippen LogP contribution in [0.3, 0.4) is 0 Å². The first-order valence-corrected chi connectivity index (χ1v) is 6.33. The number of thiophene rings is 1. The average molecular weight is 208 g/mol. The largest absolute Gasteiger partial charge is 0.303 e. The maximum Gasteiger partial charge on any atom is 0.127 e. The number of hydrogen-bond acceptors (Lipinski definition) is 2. The van der Waals surface area contributed by atoms with Gasteiger partial charge < -0.3 is 4.79 Å². The minimum Gasteiger partial charge on any atom is -0.303 e. The van der Waals surface area contributed by atoms with Crippen molar-refractivity contribution in [1.29, 1.82) is 0 Å². The Bertz CT molecular complexity index is 273. The molecule has 14 heavy (non-hydrogen) atoms. The molecule has 1 aliphatic rings. The van der Waals surface area contributed by atoms with E-state index in [9.17, 15) is 4.79 Å². The predicted molar refractivity (Wildman–Crippen MR) is 59.7 cm³/mol. The van der Waals surface area contributed by atoms with Gasteiger partial charge in [0.15, 0.2) is 0 Å². The van der Waals surface area contributed by atoms with E-state index in [1.165, 1.54) is 37.7 Å². The molecule has 1 aromatic heterocycles. The highest BCUT2D eigenvalue weighted by Gasteiger charge is 2.24. The summed E-state index contributed by atoms with van der Waals surface area (Å²) >= 11 is 1.69. The van der Waals surface area contributed by atoms with Crippen molar-refractivity contribution >= 4 is 17.6 Å². The van der Waals surface area contributed by atoms with E-state index in [1.807, 2.05) is 0 Å². The van der Waals surface area contributed by atoms with Crippen LogP contribution in [0, 0.1) is 5.92 Å². The summed E-state index contributed by atoms with van der Waals surface area (Å²) in [5.41, 5.74) is 1.23. The summed E-state index contributed by atoms with van der Waals surface area (Å²) in [7, 11) is 0. The highest BCUT2D eigenvalue weighted by atomic mass is 32.1. The number of carbonyl (C=O) groups is 1. The molecule has 0 bridgehead atoms. The van der Waals surface area contributed by atoms with Crippen LogP contribution >= 0.6 is 11.3 Å². The predicted octanol–water partition coefficient (Wildman–Crippen LogP) is 3.61. The Kier molecular flexibility index (Phi) is 3.35. The van der Waals surface area contributed by atoms with Gasteiger partial charge in [-0.1, -0.05) is 19.3 Å². The first kappa shape index (κ1) is 9.91. The van der Waals surface area contributed by atoms with Crippen molar-refractivity contribution in [2.45, 2.75) is 38.0 Å². The van der Waals surface area contributed by atoms with Crippen LogP contribution in [0.15, 0.2) is 16.8 Å². The van der Waals surface area contributed by atoms with E-state index in [0.29, 0.717) is 5.92 Å². The fourth-order valence-corrected chi connectivity index (χ4v) is 3.13. The van der Waals surface area contributed by atoms with Gasteiger partial charge in [-0.2, -0.15) is 11.3 Å². The van der Waals surface area contributed by atoms with E-state index in [1.54, 1.807) is 11.3 Å². The van der Waals surface area contributed by atoms with Crippen molar-refractivity contribution in [2.24, 2.45) is 5.92 Å². The first-order valence-electron chi connectivity index (χ1n) is 5.39. The third kappa shape index (κ3) is 2.06. The summed E-state index contributed by atoms with van der Waals surface area (Å²) in [4.78, 5) is 11.1. The van der Waals surface area contributed by atoms with Crippen molar-refractivity contribution in [1.82, 2.24) is 0 Å². The van der Waals surface area contributed by atoms with Gasteiger partial charge >= 0.3 is 0 Å². The molecule has 0 spiro atoms. The van der Waals surface area contributed by atoms with Gasteiger partial charge in [-0.25, -0.2) is 0 Å². The Morgan fingerprint density at radius 1 is 1.36 bits per heavy atom. The smallest absolute Gasteiger partial charge is 0.127 e. The summed E-state index contributed by atoms with van der Waals surface area (Å²) in [6.45, 7) is 0. The third-order valence-corrected chi connectivity index (χ3v) is 3.93. The van der Waals surface area contributed by atoms with Crippen molar-refractivity contribution in [3.63, 3.8) is 0 Å². The van der Waals surface area contributed by atoms with Crippen LogP contribution < -0.4 is 0 Å². The molecule has 1 heterocycles. The standard InChI is InChI=1S/C12H16OS/c13-8-12(11-6-7-14-9-11)10-4-2-1-3-5-10/h6-10,12H,1-5H2/t12-/m1/s1. The van der Waals surface area contributed by atoms with E-state index in [-0.39, 0.29) is 5.92 Å². The fraction of sp³-hybridized carbons (Fsp3) is 0.583. The van der Waals surface area contributed by atoms with Gasteiger partial charge in [0.05, 0.1) is 0 Å². The lowest BCUT2D eigenvalue weighted by molar-refractivity contribution is -0.110. The molecule has 1 aromatic rings. The summed E-state index contributed by atoms with van der Waals surface area (Å²) < 4.78 is 0. The lowest BCUT2D eigenvalue weighted by Crippen LogP contribution is -2.16. The van der Waals surface area contributed by atoms with Crippen LogP contribution in [0.1, 0.15) is 43.6 Å². The number of carbonyl (C=O) groups excluding carboxylic acids is 1. The van der Waals surface area contributed by atoms with E-state index < -0.39 is 0 Å². The SMILES string of the molecule is O=C[C@@H](c1ccsc1)C1CCCCC1. The minimum absolute atomic E-state index is 0.168. The molecule has 0 unspecified atom stereocenters. The van der Waals surface area contributed by atoms with Gasteiger partial charge in [0, 0.05) is 5.92 Å². The highest BCUT2D eigenvalue weighted by molar-refractivity contribution is 7.08.